The minimum atomic E-state index is 0.223. The predicted molar refractivity (Wildman–Crippen MR) is 65.3 cm³/mol. The molecule has 5 heteroatoms. The number of allylic oxidation sites excluding steroid dienone is 3. The van der Waals surface area contributed by atoms with Crippen LogP contribution in [-0.4, -0.2) is 54.2 Å². The number of rotatable bonds is 4. The van der Waals surface area contributed by atoms with Crippen molar-refractivity contribution in [3.05, 3.63) is 23.7 Å². The van der Waals surface area contributed by atoms with Gasteiger partial charge >= 0.3 is 0 Å². The quantitative estimate of drug-likeness (QED) is 0.550. The van der Waals surface area contributed by atoms with Crippen molar-refractivity contribution in [2.24, 2.45) is 11.5 Å². The van der Waals surface area contributed by atoms with Gasteiger partial charge in [0.25, 0.3) is 0 Å². The Labute approximate surface area is 97.0 Å². The highest BCUT2D eigenvalue weighted by molar-refractivity contribution is 5.12. The summed E-state index contributed by atoms with van der Waals surface area (Å²) in [6.07, 6.45) is 3.66. The second-order valence-electron chi connectivity index (χ2n) is 4.05. The number of piperazine rings is 1. The molecule has 1 saturated heterocycles. The minimum Gasteiger partial charge on any atom is -0.402 e. The fourth-order valence-electron chi connectivity index (χ4n) is 1.69. The first-order chi connectivity index (χ1) is 7.63. The molecule has 0 amide bonds. The first kappa shape index (κ1) is 12.9. The Bertz CT molecular complexity index is 263. The third kappa shape index (κ3) is 4.12. The second kappa shape index (κ2) is 6.40. The van der Waals surface area contributed by atoms with Gasteiger partial charge in [-0.25, -0.2) is 0 Å². The summed E-state index contributed by atoms with van der Waals surface area (Å²) in [5.41, 5.74) is 12.2. The number of nitrogens with two attached hydrogens (primary N) is 2. The Balaban J connectivity index is 2.41. The highest BCUT2D eigenvalue weighted by atomic mass is 16.3. The zero-order valence-corrected chi connectivity index (χ0v) is 9.89. The van der Waals surface area contributed by atoms with Gasteiger partial charge in [0.2, 0.25) is 0 Å². The van der Waals surface area contributed by atoms with Crippen molar-refractivity contribution in [1.82, 2.24) is 9.80 Å². The van der Waals surface area contributed by atoms with Crippen molar-refractivity contribution in [3.8, 4) is 0 Å². The minimum absolute atomic E-state index is 0.223. The van der Waals surface area contributed by atoms with E-state index in [1.165, 1.54) is 0 Å². The largest absolute Gasteiger partial charge is 0.402 e. The Morgan fingerprint density at radius 3 is 2.31 bits per heavy atom. The van der Waals surface area contributed by atoms with Crippen molar-refractivity contribution in [2.45, 2.75) is 6.92 Å². The van der Waals surface area contributed by atoms with Gasteiger partial charge in [0, 0.05) is 38.4 Å². The lowest BCUT2D eigenvalue weighted by molar-refractivity contribution is 0.131. The van der Waals surface area contributed by atoms with Crippen molar-refractivity contribution in [3.63, 3.8) is 0 Å². The maximum Gasteiger partial charge on any atom is 0.0987 e. The van der Waals surface area contributed by atoms with E-state index in [0.29, 0.717) is 0 Å². The molecule has 0 aliphatic carbocycles. The number of β-amino-alcohol motifs (C(OH)–C–C–N with tert-alkyl or cyclic N) is 1. The van der Waals surface area contributed by atoms with Gasteiger partial charge in [0.05, 0.1) is 12.4 Å². The Kier molecular flexibility index (Phi) is 5.14. The van der Waals surface area contributed by atoms with E-state index in [1.54, 1.807) is 0 Å². The van der Waals surface area contributed by atoms with Crippen molar-refractivity contribution >= 4 is 0 Å². The topological polar surface area (TPSA) is 78.8 Å². The molecule has 16 heavy (non-hydrogen) atoms. The molecule has 1 aliphatic heterocycles. The predicted octanol–water partition coefficient (Wildman–Crippen LogP) is -0.741. The lowest BCUT2D eigenvalue weighted by atomic mass is 10.3. The van der Waals surface area contributed by atoms with E-state index < -0.39 is 0 Å². The maximum absolute atomic E-state index is 8.83. The number of hydrogen-bond acceptors (Lipinski definition) is 5. The van der Waals surface area contributed by atoms with Crippen LogP contribution in [0.1, 0.15) is 6.92 Å². The summed E-state index contributed by atoms with van der Waals surface area (Å²) in [6.45, 7) is 6.50. The molecule has 92 valence electrons. The molecule has 0 radical (unpaired) electrons. The van der Waals surface area contributed by atoms with Crippen LogP contribution in [0.4, 0.5) is 0 Å². The first-order valence-electron chi connectivity index (χ1n) is 5.61. The van der Waals surface area contributed by atoms with Crippen molar-refractivity contribution < 1.29 is 5.11 Å². The summed E-state index contributed by atoms with van der Waals surface area (Å²) in [5, 5.41) is 8.83. The highest BCUT2D eigenvalue weighted by Gasteiger charge is 2.16. The van der Waals surface area contributed by atoms with Crippen LogP contribution in [-0.2, 0) is 0 Å². The Hall–Kier alpha value is -1.20. The second-order valence-corrected chi connectivity index (χ2v) is 4.05. The molecular weight excluding hydrogens is 204 g/mol. The van der Waals surface area contributed by atoms with Gasteiger partial charge in [0.1, 0.15) is 0 Å². The molecular formula is C11H22N4O. The fourth-order valence-corrected chi connectivity index (χ4v) is 1.69. The molecule has 0 unspecified atom stereocenters. The van der Waals surface area contributed by atoms with Gasteiger partial charge in [-0.05, 0) is 19.1 Å². The summed E-state index contributed by atoms with van der Waals surface area (Å²) >= 11 is 0. The molecule has 0 saturated carbocycles. The molecule has 0 bridgehead atoms. The monoisotopic (exact) mass is 226 g/mol. The van der Waals surface area contributed by atoms with E-state index in [0.717, 1.165) is 44.2 Å². The van der Waals surface area contributed by atoms with Crippen molar-refractivity contribution in [1.29, 1.82) is 0 Å². The molecule has 5 nitrogen and oxygen atoms in total. The van der Waals surface area contributed by atoms with Gasteiger partial charge in [-0.2, -0.15) is 0 Å². The van der Waals surface area contributed by atoms with Gasteiger partial charge < -0.3 is 21.5 Å². The molecule has 1 fully saturated rings. The normalized spacial score (nSPS) is 20.2. The smallest absolute Gasteiger partial charge is 0.0987 e. The van der Waals surface area contributed by atoms with Crippen molar-refractivity contribution in [2.75, 3.05) is 39.3 Å². The maximum atomic E-state index is 8.83. The number of aliphatic hydroxyl groups is 1. The average Bonchev–Trinajstić information content (AvgIpc) is 2.27. The first-order valence-corrected chi connectivity index (χ1v) is 5.61. The fraction of sp³-hybridized carbons (Fsp3) is 0.636. The molecule has 0 aromatic rings. The third-order valence-corrected chi connectivity index (χ3v) is 2.67. The summed E-state index contributed by atoms with van der Waals surface area (Å²) in [4.78, 5) is 4.36. The van der Waals surface area contributed by atoms with Gasteiger partial charge in [-0.1, -0.05) is 0 Å². The zero-order chi connectivity index (χ0) is 12.0. The van der Waals surface area contributed by atoms with Crippen LogP contribution >= 0.6 is 0 Å². The molecule has 0 aromatic carbocycles. The standard InChI is InChI=1S/C11H22N4O/c1-10(12)2-3-11(13)15-6-4-14(5-7-15)8-9-16/h2-3,16H,4-9,12-13H2,1H3/b10-2-,11-3+. The van der Waals surface area contributed by atoms with Crippen LogP contribution < -0.4 is 11.5 Å². The van der Waals surface area contributed by atoms with E-state index in [2.05, 4.69) is 9.80 Å². The molecule has 0 aromatic heterocycles. The molecule has 1 heterocycles. The molecule has 0 atom stereocenters. The number of hydrogen-bond donors (Lipinski definition) is 3. The number of nitrogens with zero attached hydrogens (tertiary/aromatic N) is 2. The van der Waals surface area contributed by atoms with E-state index in [-0.39, 0.29) is 6.61 Å². The van der Waals surface area contributed by atoms with E-state index >= 15 is 0 Å². The Morgan fingerprint density at radius 2 is 1.81 bits per heavy atom. The van der Waals surface area contributed by atoms with Crippen LogP contribution in [0.25, 0.3) is 0 Å². The molecule has 1 aliphatic rings. The molecule has 0 spiro atoms. The average molecular weight is 226 g/mol. The van der Waals surface area contributed by atoms with Crippen LogP contribution in [0.3, 0.4) is 0 Å². The lowest BCUT2D eigenvalue weighted by Gasteiger charge is -2.35. The van der Waals surface area contributed by atoms with Crippen LogP contribution in [0, 0.1) is 0 Å². The SMILES string of the molecule is C/C(N)=C/C=C(\N)N1CCN(CCO)CC1. The lowest BCUT2D eigenvalue weighted by Crippen LogP contribution is -2.47. The Morgan fingerprint density at radius 1 is 1.19 bits per heavy atom. The third-order valence-electron chi connectivity index (χ3n) is 2.67. The van der Waals surface area contributed by atoms with Crippen LogP contribution in [0.2, 0.25) is 0 Å². The van der Waals surface area contributed by atoms with Gasteiger partial charge in [-0.15, -0.1) is 0 Å². The van der Waals surface area contributed by atoms with Crippen LogP contribution in [0.15, 0.2) is 23.7 Å². The molecule has 1 rings (SSSR count). The van der Waals surface area contributed by atoms with Gasteiger partial charge in [0.15, 0.2) is 0 Å². The highest BCUT2D eigenvalue weighted by Crippen LogP contribution is 2.05. The van der Waals surface area contributed by atoms with Crippen LogP contribution in [0.5, 0.6) is 0 Å². The zero-order valence-electron chi connectivity index (χ0n) is 9.89. The van der Waals surface area contributed by atoms with E-state index in [9.17, 15) is 0 Å². The van der Waals surface area contributed by atoms with E-state index in [4.69, 9.17) is 16.6 Å². The summed E-state index contributed by atoms with van der Waals surface area (Å²) < 4.78 is 0. The summed E-state index contributed by atoms with van der Waals surface area (Å²) in [7, 11) is 0. The van der Waals surface area contributed by atoms with Gasteiger partial charge in [-0.3, -0.25) is 4.90 Å². The van der Waals surface area contributed by atoms with E-state index in [1.807, 2.05) is 19.1 Å². The summed E-state index contributed by atoms with van der Waals surface area (Å²) in [5.74, 6) is 0.758. The summed E-state index contributed by atoms with van der Waals surface area (Å²) in [6, 6.07) is 0. The number of aliphatic hydroxyl groups excluding tert-OH is 1. The molecule has 5 N–H and O–H groups in total.